The number of benzene rings is 1. The number of thiophene rings is 1. The van der Waals surface area contributed by atoms with Gasteiger partial charge in [-0.2, -0.15) is 0 Å². The maximum atomic E-state index is 12.8. The lowest BCUT2D eigenvalue weighted by Crippen LogP contribution is -2.30. The summed E-state index contributed by atoms with van der Waals surface area (Å²) in [5, 5.41) is 0.450. The number of nitrogens with zero attached hydrogens (tertiary/aromatic N) is 3. The van der Waals surface area contributed by atoms with E-state index in [1.165, 1.54) is 36.5 Å². The maximum Gasteiger partial charge on any atom is 0.261 e. The Balaban J connectivity index is 1.67. The number of amides is 1. The molecule has 0 saturated heterocycles. The standard InChI is InChI=1S/C21H24ClN3O4S/c1-4-24(12-14-7-8-19(22)30-14)20(26)6-5-9-25-13-23-16-11-18(29-3)17(28-2)10-15(16)21(25)27/h7-8,10-11,13H,4-6,9,12H2,1-3H3. The minimum Gasteiger partial charge on any atom is -0.493 e. The van der Waals surface area contributed by atoms with Gasteiger partial charge in [0.05, 0.1) is 42.3 Å². The molecule has 1 amide bonds. The fourth-order valence-corrected chi connectivity index (χ4v) is 4.31. The zero-order chi connectivity index (χ0) is 21.7. The molecule has 7 nitrogen and oxygen atoms in total. The van der Waals surface area contributed by atoms with Crippen molar-refractivity contribution in [2.45, 2.75) is 32.9 Å². The molecule has 9 heteroatoms. The summed E-state index contributed by atoms with van der Waals surface area (Å²) < 4.78 is 12.8. The van der Waals surface area contributed by atoms with Gasteiger partial charge in [0.2, 0.25) is 5.91 Å². The van der Waals surface area contributed by atoms with Crippen LogP contribution < -0.4 is 15.0 Å². The Bertz CT molecular complexity index is 1100. The van der Waals surface area contributed by atoms with Crippen molar-refractivity contribution >= 4 is 39.7 Å². The van der Waals surface area contributed by atoms with Gasteiger partial charge in [-0.05, 0) is 31.5 Å². The highest BCUT2D eigenvalue weighted by atomic mass is 35.5. The number of methoxy groups -OCH3 is 2. The van der Waals surface area contributed by atoms with Gasteiger partial charge < -0.3 is 14.4 Å². The van der Waals surface area contributed by atoms with Gasteiger partial charge in [-0.3, -0.25) is 14.2 Å². The number of fused-ring (bicyclic) bond motifs is 1. The molecule has 3 aromatic rings. The second-order valence-electron chi connectivity index (χ2n) is 6.68. The van der Waals surface area contributed by atoms with E-state index in [-0.39, 0.29) is 11.5 Å². The van der Waals surface area contributed by atoms with E-state index in [0.717, 1.165) is 4.88 Å². The van der Waals surface area contributed by atoms with Crippen molar-refractivity contribution in [1.29, 1.82) is 0 Å². The fourth-order valence-electron chi connectivity index (χ4n) is 3.20. The smallest absolute Gasteiger partial charge is 0.261 e. The Labute approximate surface area is 183 Å². The van der Waals surface area contributed by atoms with Crippen molar-refractivity contribution < 1.29 is 14.3 Å². The third-order valence-corrected chi connectivity index (χ3v) is 6.04. The zero-order valence-corrected chi connectivity index (χ0v) is 18.8. The van der Waals surface area contributed by atoms with Crippen LogP contribution in [0.15, 0.2) is 35.4 Å². The summed E-state index contributed by atoms with van der Waals surface area (Å²) in [6.07, 6.45) is 2.40. The molecular formula is C21H24ClN3O4S. The quantitative estimate of drug-likeness (QED) is 0.494. The van der Waals surface area contributed by atoms with Gasteiger partial charge in [0.1, 0.15) is 0 Å². The Kier molecular flexibility index (Phi) is 7.33. The highest BCUT2D eigenvalue weighted by molar-refractivity contribution is 7.16. The normalized spacial score (nSPS) is 10.9. The summed E-state index contributed by atoms with van der Waals surface area (Å²) in [5.74, 6) is 1.05. The average molecular weight is 450 g/mol. The van der Waals surface area contributed by atoms with Crippen LogP contribution in [0.1, 0.15) is 24.6 Å². The lowest BCUT2D eigenvalue weighted by molar-refractivity contribution is -0.131. The molecule has 2 aromatic heterocycles. The van der Waals surface area contributed by atoms with Gasteiger partial charge in [0, 0.05) is 30.5 Å². The topological polar surface area (TPSA) is 73.7 Å². The highest BCUT2D eigenvalue weighted by Crippen LogP contribution is 2.29. The number of halogens is 1. The molecule has 0 fully saturated rings. The van der Waals surface area contributed by atoms with E-state index in [4.69, 9.17) is 21.1 Å². The molecule has 0 aliphatic carbocycles. The molecule has 0 bridgehead atoms. The van der Waals surface area contributed by atoms with Crippen molar-refractivity contribution in [2.24, 2.45) is 0 Å². The number of hydrogen-bond acceptors (Lipinski definition) is 6. The van der Waals surface area contributed by atoms with Gasteiger partial charge in [-0.1, -0.05) is 11.6 Å². The summed E-state index contributed by atoms with van der Waals surface area (Å²) in [7, 11) is 3.06. The number of ether oxygens (including phenoxy) is 2. The molecule has 30 heavy (non-hydrogen) atoms. The van der Waals surface area contributed by atoms with E-state index in [2.05, 4.69) is 4.98 Å². The van der Waals surface area contributed by atoms with Crippen molar-refractivity contribution in [3.8, 4) is 11.5 Å². The molecule has 0 spiro atoms. The van der Waals surface area contributed by atoms with Crippen molar-refractivity contribution in [3.05, 3.63) is 50.2 Å². The average Bonchev–Trinajstić information content (AvgIpc) is 3.17. The van der Waals surface area contributed by atoms with Gasteiger partial charge in [-0.15, -0.1) is 11.3 Å². The molecule has 1 aromatic carbocycles. The molecule has 0 unspecified atom stereocenters. The van der Waals surface area contributed by atoms with E-state index in [9.17, 15) is 9.59 Å². The van der Waals surface area contributed by atoms with Crippen LogP contribution in [0.2, 0.25) is 4.34 Å². The second kappa shape index (κ2) is 9.95. The lowest BCUT2D eigenvalue weighted by Gasteiger charge is -2.20. The summed E-state index contributed by atoms with van der Waals surface area (Å²) in [6, 6.07) is 7.09. The van der Waals surface area contributed by atoms with Crippen LogP contribution in [0.4, 0.5) is 0 Å². The minimum absolute atomic E-state index is 0.0511. The minimum atomic E-state index is -0.172. The predicted octanol–water partition coefficient (Wildman–Crippen LogP) is 3.96. The fraction of sp³-hybridized carbons (Fsp3) is 0.381. The van der Waals surface area contributed by atoms with Crippen LogP contribution in [0.3, 0.4) is 0 Å². The van der Waals surface area contributed by atoms with E-state index < -0.39 is 0 Å². The predicted molar refractivity (Wildman–Crippen MR) is 119 cm³/mol. The van der Waals surface area contributed by atoms with Crippen LogP contribution in [-0.4, -0.2) is 41.1 Å². The van der Waals surface area contributed by atoms with Crippen LogP contribution in [0, 0.1) is 0 Å². The number of hydrogen-bond donors (Lipinski definition) is 0. The molecule has 0 radical (unpaired) electrons. The number of carbonyl (C=O) groups excluding carboxylic acids is 1. The Hall–Kier alpha value is -2.58. The third kappa shape index (κ3) is 4.94. The summed E-state index contributed by atoms with van der Waals surface area (Å²) in [6.45, 7) is 3.52. The largest absolute Gasteiger partial charge is 0.493 e. The van der Waals surface area contributed by atoms with Crippen molar-refractivity contribution in [3.63, 3.8) is 0 Å². The molecule has 0 aliphatic rings. The number of carbonyl (C=O) groups is 1. The van der Waals surface area contributed by atoms with E-state index >= 15 is 0 Å². The van der Waals surface area contributed by atoms with Gasteiger partial charge >= 0.3 is 0 Å². The molecule has 0 N–H and O–H groups in total. The van der Waals surface area contributed by atoms with Crippen LogP contribution >= 0.6 is 22.9 Å². The zero-order valence-electron chi connectivity index (χ0n) is 17.2. The van der Waals surface area contributed by atoms with Crippen molar-refractivity contribution in [2.75, 3.05) is 20.8 Å². The van der Waals surface area contributed by atoms with Gasteiger partial charge in [0.15, 0.2) is 11.5 Å². The molecule has 0 aliphatic heterocycles. The second-order valence-corrected chi connectivity index (χ2v) is 8.48. The Morgan fingerprint density at radius 1 is 1.23 bits per heavy atom. The molecule has 3 rings (SSSR count). The van der Waals surface area contributed by atoms with Crippen LogP contribution in [0.5, 0.6) is 11.5 Å². The van der Waals surface area contributed by atoms with Crippen LogP contribution in [0.25, 0.3) is 10.9 Å². The van der Waals surface area contributed by atoms with Crippen molar-refractivity contribution in [1.82, 2.24) is 14.5 Å². The number of aromatic nitrogens is 2. The first kappa shape index (κ1) is 22.1. The molecule has 0 saturated carbocycles. The monoisotopic (exact) mass is 449 g/mol. The third-order valence-electron chi connectivity index (χ3n) is 4.83. The molecule has 160 valence electrons. The molecule has 2 heterocycles. The first-order valence-electron chi connectivity index (χ1n) is 9.60. The molecular weight excluding hydrogens is 426 g/mol. The number of rotatable bonds is 9. The summed E-state index contributed by atoms with van der Waals surface area (Å²) >= 11 is 7.45. The molecule has 0 atom stereocenters. The van der Waals surface area contributed by atoms with Gasteiger partial charge in [-0.25, -0.2) is 4.98 Å². The van der Waals surface area contributed by atoms with Gasteiger partial charge in [0.25, 0.3) is 5.56 Å². The first-order chi connectivity index (χ1) is 14.5. The number of aryl methyl sites for hydroxylation is 1. The SMILES string of the molecule is CCN(Cc1ccc(Cl)s1)C(=O)CCCn1cnc2cc(OC)c(OC)cc2c1=O. The maximum absolute atomic E-state index is 12.8. The van der Waals surface area contributed by atoms with Crippen LogP contribution in [-0.2, 0) is 17.9 Å². The van der Waals surface area contributed by atoms with E-state index in [1.54, 1.807) is 17.0 Å². The van der Waals surface area contributed by atoms with E-state index in [0.29, 0.717) is 59.2 Å². The highest BCUT2D eigenvalue weighted by Gasteiger charge is 2.14. The Morgan fingerprint density at radius 2 is 1.97 bits per heavy atom. The Morgan fingerprint density at radius 3 is 2.60 bits per heavy atom. The summed E-state index contributed by atoms with van der Waals surface area (Å²) in [5.41, 5.74) is 0.366. The summed E-state index contributed by atoms with van der Waals surface area (Å²) in [4.78, 5) is 32.6. The first-order valence-corrected chi connectivity index (χ1v) is 10.8. The lowest BCUT2D eigenvalue weighted by atomic mass is 10.2. The van der Waals surface area contributed by atoms with E-state index in [1.807, 2.05) is 19.1 Å².